The van der Waals surface area contributed by atoms with Crippen molar-refractivity contribution in [2.45, 2.75) is 64.1 Å². The number of hydrogen-bond donors (Lipinski definition) is 2. The molecule has 2 aliphatic rings. The molecule has 156 valence electrons. The highest BCUT2D eigenvalue weighted by Crippen LogP contribution is 2.41. The number of carbonyl (C=O) groups excluding carboxylic acids is 1. The summed E-state index contributed by atoms with van der Waals surface area (Å²) in [7, 11) is 0. The number of hydrogen-bond acceptors (Lipinski definition) is 5. The van der Waals surface area contributed by atoms with Crippen LogP contribution in [0.2, 0.25) is 0 Å². The maximum atomic E-state index is 12.3. The third-order valence-electron chi connectivity index (χ3n) is 6.92. The van der Waals surface area contributed by atoms with Gasteiger partial charge in [0.2, 0.25) is 0 Å². The van der Waals surface area contributed by atoms with Crippen molar-refractivity contribution < 1.29 is 14.6 Å². The number of piperidine rings is 2. The summed E-state index contributed by atoms with van der Waals surface area (Å²) in [4.78, 5) is 14.8. The van der Waals surface area contributed by atoms with E-state index in [1.807, 2.05) is 19.9 Å². The van der Waals surface area contributed by atoms with E-state index in [0.717, 1.165) is 45.3 Å². The van der Waals surface area contributed by atoms with Gasteiger partial charge in [-0.2, -0.15) is 0 Å². The Morgan fingerprint density at radius 2 is 1.96 bits per heavy atom. The molecule has 5 heteroatoms. The molecule has 28 heavy (non-hydrogen) atoms. The SMILES string of the molecule is CCOC(=O)C(C)C1CCN(C(C)c2ccccc2)C(C2(O)CCNCC2)C1. The summed E-state index contributed by atoms with van der Waals surface area (Å²) >= 11 is 0. The van der Waals surface area contributed by atoms with Crippen molar-refractivity contribution in [2.75, 3.05) is 26.2 Å². The molecule has 3 rings (SSSR count). The number of likely N-dealkylation sites (tertiary alicyclic amines) is 1. The third kappa shape index (κ3) is 4.58. The van der Waals surface area contributed by atoms with Crippen molar-refractivity contribution in [2.24, 2.45) is 11.8 Å². The molecule has 0 aromatic heterocycles. The number of ether oxygens (including phenoxy) is 1. The number of nitrogens with zero attached hydrogens (tertiary/aromatic N) is 1. The van der Waals surface area contributed by atoms with E-state index in [2.05, 4.69) is 41.4 Å². The monoisotopic (exact) mass is 388 g/mol. The van der Waals surface area contributed by atoms with Crippen molar-refractivity contribution in [1.82, 2.24) is 10.2 Å². The van der Waals surface area contributed by atoms with Gasteiger partial charge in [0.05, 0.1) is 18.1 Å². The van der Waals surface area contributed by atoms with Crippen LogP contribution in [0.3, 0.4) is 0 Å². The highest BCUT2D eigenvalue weighted by Gasteiger charge is 2.47. The molecule has 1 aromatic rings. The Morgan fingerprint density at radius 1 is 1.29 bits per heavy atom. The maximum absolute atomic E-state index is 12.3. The zero-order valence-electron chi connectivity index (χ0n) is 17.6. The highest BCUT2D eigenvalue weighted by molar-refractivity contribution is 5.72. The van der Waals surface area contributed by atoms with Gasteiger partial charge in [-0.15, -0.1) is 0 Å². The number of aliphatic hydroxyl groups is 1. The van der Waals surface area contributed by atoms with Gasteiger partial charge in [-0.05, 0) is 70.6 Å². The predicted molar refractivity (Wildman–Crippen MR) is 111 cm³/mol. The van der Waals surface area contributed by atoms with Crippen LogP contribution >= 0.6 is 0 Å². The molecule has 4 atom stereocenters. The number of esters is 1. The zero-order valence-corrected chi connectivity index (χ0v) is 17.6. The van der Waals surface area contributed by atoms with E-state index in [1.165, 1.54) is 5.56 Å². The van der Waals surface area contributed by atoms with Crippen LogP contribution in [0.4, 0.5) is 0 Å². The van der Waals surface area contributed by atoms with Crippen molar-refractivity contribution >= 4 is 5.97 Å². The third-order valence-corrected chi connectivity index (χ3v) is 6.92. The Hall–Kier alpha value is -1.43. The number of nitrogens with one attached hydrogen (secondary N) is 1. The van der Waals surface area contributed by atoms with Crippen LogP contribution in [0.1, 0.15) is 58.1 Å². The van der Waals surface area contributed by atoms with Crippen molar-refractivity contribution in [3.05, 3.63) is 35.9 Å². The molecule has 2 N–H and O–H groups in total. The first-order valence-electron chi connectivity index (χ1n) is 10.9. The lowest BCUT2D eigenvalue weighted by Gasteiger charge is -2.52. The molecule has 4 unspecified atom stereocenters. The standard InChI is InChI=1S/C23H36N2O3/c1-4-28-22(26)17(2)20-10-15-25(18(3)19-8-6-5-7-9-19)21(16-20)23(27)11-13-24-14-12-23/h5-9,17-18,20-21,24,27H,4,10-16H2,1-3H3. The van der Waals surface area contributed by atoms with Gasteiger partial charge in [0.15, 0.2) is 0 Å². The predicted octanol–water partition coefficient (Wildman–Crippen LogP) is 3.14. The fourth-order valence-corrected chi connectivity index (χ4v) is 5.04. The number of benzene rings is 1. The number of carbonyl (C=O) groups is 1. The minimum Gasteiger partial charge on any atom is -0.466 e. The maximum Gasteiger partial charge on any atom is 0.308 e. The summed E-state index contributed by atoms with van der Waals surface area (Å²) in [6, 6.07) is 10.8. The lowest BCUT2D eigenvalue weighted by molar-refractivity contribution is -0.152. The molecule has 1 aromatic carbocycles. The van der Waals surface area contributed by atoms with Gasteiger partial charge in [0.25, 0.3) is 0 Å². The molecule has 2 aliphatic heterocycles. The van der Waals surface area contributed by atoms with Crippen LogP contribution in [0.25, 0.3) is 0 Å². The second-order valence-electron chi connectivity index (χ2n) is 8.52. The largest absolute Gasteiger partial charge is 0.466 e. The lowest BCUT2D eigenvalue weighted by atomic mass is 9.73. The van der Waals surface area contributed by atoms with Crippen LogP contribution < -0.4 is 5.32 Å². The fraction of sp³-hybridized carbons (Fsp3) is 0.696. The fourth-order valence-electron chi connectivity index (χ4n) is 5.04. The Morgan fingerprint density at radius 3 is 2.61 bits per heavy atom. The smallest absolute Gasteiger partial charge is 0.308 e. The van der Waals surface area contributed by atoms with Crippen LogP contribution in [-0.4, -0.2) is 53.9 Å². The van der Waals surface area contributed by atoms with Gasteiger partial charge < -0.3 is 15.2 Å². The van der Waals surface area contributed by atoms with E-state index in [0.29, 0.717) is 6.61 Å². The molecule has 0 bridgehead atoms. The van der Waals surface area contributed by atoms with Crippen LogP contribution in [0.15, 0.2) is 30.3 Å². The first-order chi connectivity index (χ1) is 13.5. The summed E-state index contributed by atoms with van der Waals surface area (Å²) in [6.45, 7) is 9.09. The van der Waals surface area contributed by atoms with E-state index in [9.17, 15) is 9.90 Å². The highest BCUT2D eigenvalue weighted by atomic mass is 16.5. The quantitative estimate of drug-likeness (QED) is 0.733. The number of rotatable bonds is 6. The molecule has 2 saturated heterocycles. The van der Waals surface area contributed by atoms with Crippen molar-refractivity contribution in [1.29, 1.82) is 0 Å². The summed E-state index contributed by atoms with van der Waals surface area (Å²) in [5.41, 5.74) is 0.573. The summed E-state index contributed by atoms with van der Waals surface area (Å²) in [6.07, 6.45) is 3.32. The van der Waals surface area contributed by atoms with Gasteiger partial charge in [-0.1, -0.05) is 37.3 Å². The Balaban J connectivity index is 1.83. The summed E-state index contributed by atoms with van der Waals surface area (Å²) in [5.74, 6) is 0.0252. The molecule has 0 aliphatic carbocycles. The molecular formula is C23H36N2O3. The van der Waals surface area contributed by atoms with E-state index in [-0.39, 0.29) is 29.9 Å². The minimum atomic E-state index is -0.707. The van der Waals surface area contributed by atoms with Gasteiger partial charge >= 0.3 is 5.97 Å². The van der Waals surface area contributed by atoms with Gasteiger partial charge in [-0.25, -0.2) is 0 Å². The molecule has 0 amide bonds. The topological polar surface area (TPSA) is 61.8 Å². The first kappa shape index (κ1) is 21.3. The molecule has 2 heterocycles. The van der Waals surface area contributed by atoms with Crippen molar-refractivity contribution in [3.8, 4) is 0 Å². The van der Waals surface area contributed by atoms with Crippen LogP contribution in [0, 0.1) is 11.8 Å². The Bertz CT molecular complexity index is 630. The lowest BCUT2D eigenvalue weighted by Crippen LogP contribution is -2.60. The molecule has 0 spiro atoms. The van der Waals surface area contributed by atoms with Gasteiger partial charge in [0.1, 0.15) is 0 Å². The summed E-state index contributed by atoms with van der Waals surface area (Å²) < 4.78 is 5.28. The van der Waals surface area contributed by atoms with E-state index >= 15 is 0 Å². The zero-order chi connectivity index (χ0) is 20.1. The molecule has 5 nitrogen and oxygen atoms in total. The first-order valence-corrected chi connectivity index (χ1v) is 10.9. The van der Waals surface area contributed by atoms with Gasteiger partial charge in [0, 0.05) is 12.1 Å². The van der Waals surface area contributed by atoms with E-state index in [1.54, 1.807) is 0 Å². The molecule has 0 saturated carbocycles. The minimum absolute atomic E-state index is 0.0560. The second-order valence-corrected chi connectivity index (χ2v) is 8.52. The normalized spacial score (nSPS) is 27.7. The molecule has 2 fully saturated rings. The average Bonchev–Trinajstić information content (AvgIpc) is 2.73. The Kier molecular flexibility index (Phi) is 7.13. The van der Waals surface area contributed by atoms with E-state index in [4.69, 9.17) is 4.74 Å². The second kappa shape index (κ2) is 9.38. The summed E-state index contributed by atoms with van der Waals surface area (Å²) in [5, 5.41) is 15.0. The van der Waals surface area contributed by atoms with Gasteiger partial charge in [-0.3, -0.25) is 9.69 Å². The average molecular weight is 389 g/mol. The van der Waals surface area contributed by atoms with Crippen molar-refractivity contribution in [3.63, 3.8) is 0 Å². The Labute approximate surface area is 169 Å². The van der Waals surface area contributed by atoms with Crippen LogP contribution in [0.5, 0.6) is 0 Å². The van der Waals surface area contributed by atoms with Crippen LogP contribution in [-0.2, 0) is 9.53 Å². The molecular weight excluding hydrogens is 352 g/mol. The molecule has 0 radical (unpaired) electrons. The van der Waals surface area contributed by atoms with E-state index < -0.39 is 5.60 Å².